The number of hydrogen-bond donors (Lipinski definition) is 0. The SMILES string of the molecule is Cn1cc(-c2cc(-c3ccc(N4CC5CC5C4)nc3)c3c(C#N)cnn3c2)cn1. The molecule has 7 heteroatoms. The van der Waals surface area contributed by atoms with Crippen molar-refractivity contribution in [1.29, 1.82) is 5.26 Å². The second-order valence-corrected chi connectivity index (χ2v) is 8.07. The van der Waals surface area contributed by atoms with E-state index in [0.717, 1.165) is 58.5 Å². The molecule has 1 saturated carbocycles. The van der Waals surface area contributed by atoms with E-state index in [4.69, 9.17) is 4.98 Å². The van der Waals surface area contributed by atoms with E-state index < -0.39 is 0 Å². The number of piperidine rings is 1. The van der Waals surface area contributed by atoms with Crippen LogP contribution in [0.4, 0.5) is 5.82 Å². The first-order valence-electron chi connectivity index (χ1n) is 9.81. The Morgan fingerprint density at radius 2 is 1.86 bits per heavy atom. The Hall–Kier alpha value is -3.66. The van der Waals surface area contributed by atoms with Gasteiger partial charge in [0, 0.05) is 61.0 Å². The molecule has 0 spiro atoms. The maximum atomic E-state index is 9.56. The van der Waals surface area contributed by atoms with Crippen LogP contribution in [0.2, 0.25) is 0 Å². The third kappa shape index (κ3) is 2.60. The molecule has 2 unspecified atom stereocenters. The van der Waals surface area contributed by atoms with Gasteiger partial charge in [-0.15, -0.1) is 0 Å². The Morgan fingerprint density at radius 1 is 1.00 bits per heavy atom. The van der Waals surface area contributed by atoms with E-state index in [1.807, 2.05) is 31.8 Å². The van der Waals surface area contributed by atoms with Gasteiger partial charge in [-0.3, -0.25) is 4.68 Å². The average molecular weight is 381 g/mol. The number of hydrogen-bond acceptors (Lipinski definition) is 5. The summed E-state index contributed by atoms with van der Waals surface area (Å²) >= 11 is 0. The van der Waals surface area contributed by atoms with E-state index >= 15 is 0 Å². The molecule has 6 rings (SSSR count). The quantitative estimate of drug-likeness (QED) is 0.545. The van der Waals surface area contributed by atoms with Crippen LogP contribution in [-0.2, 0) is 7.05 Å². The van der Waals surface area contributed by atoms with E-state index in [-0.39, 0.29) is 0 Å². The fraction of sp³-hybridized carbons (Fsp3) is 0.273. The van der Waals surface area contributed by atoms with Crippen LogP contribution >= 0.6 is 0 Å². The number of fused-ring (bicyclic) bond motifs is 2. The summed E-state index contributed by atoms with van der Waals surface area (Å²) in [6.45, 7) is 2.25. The minimum Gasteiger partial charge on any atom is -0.356 e. The Balaban J connectivity index is 1.46. The lowest BCUT2D eigenvalue weighted by Gasteiger charge is -2.19. The Bertz CT molecular complexity index is 1260. The summed E-state index contributed by atoms with van der Waals surface area (Å²) in [7, 11) is 1.90. The van der Waals surface area contributed by atoms with Gasteiger partial charge in [0.25, 0.3) is 0 Å². The van der Waals surface area contributed by atoms with E-state index in [1.165, 1.54) is 6.42 Å². The van der Waals surface area contributed by atoms with Crippen LogP contribution < -0.4 is 4.90 Å². The molecule has 4 aromatic rings. The standard InChI is InChI=1S/C22H19N7/c1-27-10-19(9-25-27)17-5-20(22-18(6-23)8-26-29(22)13-17)14-2-3-21(24-7-14)28-11-15-4-16(15)12-28/h2-3,5,7-10,13,15-16H,4,11-12H2,1H3. The molecule has 0 radical (unpaired) electrons. The predicted octanol–water partition coefficient (Wildman–Crippen LogP) is 3.12. The lowest BCUT2D eigenvalue weighted by Crippen LogP contribution is -2.22. The van der Waals surface area contributed by atoms with Crippen LogP contribution in [-0.4, -0.2) is 37.5 Å². The Labute approximate surface area is 167 Å². The fourth-order valence-electron chi connectivity index (χ4n) is 4.47. The molecule has 0 aromatic carbocycles. The summed E-state index contributed by atoms with van der Waals surface area (Å²) in [6.07, 6.45) is 10.7. The third-order valence-electron chi connectivity index (χ3n) is 6.13. The second-order valence-electron chi connectivity index (χ2n) is 8.07. The van der Waals surface area contributed by atoms with Gasteiger partial charge in [0.15, 0.2) is 0 Å². The number of pyridine rings is 2. The van der Waals surface area contributed by atoms with Crippen molar-refractivity contribution < 1.29 is 0 Å². The molecule has 2 aliphatic rings. The minimum absolute atomic E-state index is 0.557. The maximum absolute atomic E-state index is 9.56. The van der Waals surface area contributed by atoms with Crippen molar-refractivity contribution in [3.05, 3.63) is 54.7 Å². The monoisotopic (exact) mass is 381 g/mol. The molecule has 7 nitrogen and oxygen atoms in total. The lowest BCUT2D eigenvalue weighted by molar-refractivity contribution is 0.768. The summed E-state index contributed by atoms with van der Waals surface area (Å²) in [6, 6.07) is 8.55. The minimum atomic E-state index is 0.557. The number of nitrogens with zero attached hydrogens (tertiary/aromatic N) is 7. The summed E-state index contributed by atoms with van der Waals surface area (Å²) in [5.41, 5.74) is 5.29. The van der Waals surface area contributed by atoms with Crippen molar-refractivity contribution in [2.24, 2.45) is 18.9 Å². The lowest BCUT2D eigenvalue weighted by atomic mass is 10.0. The van der Waals surface area contributed by atoms with Crippen molar-refractivity contribution >= 4 is 11.3 Å². The predicted molar refractivity (Wildman–Crippen MR) is 109 cm³/mol. The van der Waals surface area contributed by atoms with E-state index in [9.17, 15) is 5.26 Å². The molecular formula is C22H19N7. The smallest absolute Gasteiger partial charge is 0.128 e. The molecule has 2 atom stereocenters. The van der Waals surface area contributed by atoms with Crippen LogP contribution in [0.3, 0.4) is 0 Å². The number of rotatable bonds is 3. The maximum Gasteiger partial charge on any atom is 0.128 e. The second kappa shape index (κ2) is 5.92. The van der Waals surface area contributed by atoms with Crippen LogP contribution in [0.15, 0.2) is 49.2 Å². The van der Waals surface area contributed by atoms with Gasteiger partial charge >= 0.3 is 0 Å². The molecule has 0 bridgehead atoms. The first kappa shape index (κ1) is 16.3. The fourth-order valence-corrected chi connectivity index (χ4v) is 4.47. The van der Waals surface area contributed by atoms with Gasteiger partial charge in [-0.1, -0.05) is 0 Å². The molecule has 142 valence electrons. The summed E-state index contributed by atoms with van der Waals surface area (Å²) < 4.78 is 3.55. The number of anilines is 1. The van der Waals surface area contributed by atoms with Gasteiger partial charge in [-0.25, -0.2) is 9.50 Å². The summed E-state index contributed by atoms with van der Waals surface area (Å²) in [5, 5.41) is 18.2. The van der Waals surface area contributed by atoms with Crippen molar-refractivity contribution in [2.75, 3.05) is 18.0 Å². The highest BCUT2D eigenvalue weighted by molar-refractivity contribution is 5.87. The number of aryl methyl sites for hydroxylation is 1. The van der Waals surface area contributed by atoms with Gasteiger partial charge in [-0.2, -0.15) is 15.5 Å². The topological polar surface area (TPSA) is 75.0 Å². The van der Waals surface area contributed by atoms with Crippen LogP contribution in [0.25, 0.3) is 27.8 Å². The summed E-state index contributed by atoms with van der Waals surface area (Å²) in [5.74, 6) is 2.78. The van der Waals surface area contributed by atoms with Crippen molar-refractivity contribution in [1.82, 2.24) is 24.4 Å². The highest BCUT2D eigenvalue weighted by Gasteiger charge is 2.45. The van der Waals surface area contributed by atoms with Crippen LogP contribution in [0, 0.1) is 23.2 Å². The molecule has 1 saturated heterocycles. The highest BCUT2D eigenvalue weighted by atomic mass is 15.2. The molecule has 0 N–H and O–H groups in total. The van der Waals surface area contributed by atoms with E-state index in [2.05, 4.69) is 39.4 Å². The van der Waals surface area contributed by atoms with Gasteiger partial charge in [0.2, 0.25) is 0 Å². The zero-order valence-electron chi connectivity index (χ0n) is 16.0. The van der Waals surface area contributed by atoms with Crippen molar-refractivity contribution in [3.63, 3.8) is 0 Å². The van der Waals surface area contributed by atoms with Crippen LogP contribution in [0.5, 0.6) is 0 Å². The Morgan fingerprint density at radius 3 is 2.55 bits per heavy atom. The normalized spacial score (nSPS) is 20.1. The zero-order chi connectivity index (χ0) is 19.5. The molecule has 1 aliphatic carbocycles. The van der Waals surface area contributed by atoms with Crippen molar-refractivity contribution in [3.8, 4) is 28.3 Å². The van der Waals surface area contributed by atoms with Gasteiger partial charge in [-0.05, 0) is 36.5 Å². The van der Waals surface area contributed by atoms with Crippen molar-refractivity contribution in [2.45, 2.75) is 6.42 Å². The molecule has 5 heterocycles. The van der Waals surface area contributed by atoms with E-state index in [1.54, 1.807) is 15.4 Å². The Kier molecular flexibility index (Phi) is 3.33. The summed E-state index contributed by atoms with van der Waals surface area (Å²) in [4.78, 5) is 7.12. The molecule has 0 amide bonds. The average Bonchev–Trinajstić information content (AvgIpc) is 3.11. The highest BCUT2D eigenvalue weighted by Crippen LogP contribution is 2.46. The first-order chi connectivity index (χ1) is 14.2. The van der Waals surface area contributed by atoms with Gasteiger partial charge in [0.1, 0.15) is 11.9 Å². The molecule has 4 aromatic heterocycles. The molecule has 29 heavy (non-hydrogen) atoms. The number of aromatic nitrogens is 5. The van der Waals surface area contributed by atoms with Gasteiger partial charge in [0.05, 0.1) is 23.5 Å². The zero-order valence-corrected chi connectivity index (χ0v) is 16.0. The number of nitriles is 1. The first-order valence-corrected chi connectivity index (χ1v) is 9.81. The van der Waals surface area contributed by atoms with E-state index in [0.29, 0.717) is 5.56 Å². The molecular weight excluding hydrogens is 362 g/mol. The molecule has 1 aliphatic heterocycles. The largest absolute Gasteiger partial charge is 0.356 e. The third-order valence-corrected chi connectivity index (χ3v) is 6.13. The molecule has 2 fully saturated rings. The van der Waals surface area contributed by atoms with Gasteiger partial charge < -0.3 is 4.90 Å². The van der Waals surface area contributed by atoms with Crippen LogP contribution in [0.1, 0.15) is 12.0 Å².